The summed E-state index contributed by atoms with van der Waals surface area (Å²) in [5, 5.41) is 3.18. The zero-order valence-electron chi connectivity index (χ0n) is 16.6. The van der Waals surface area contributed by atoms with Crippen LogP contribution in [0, 0.1) is 0 Å². The lowest BCUT2D eigenvalue weighted by Gasteiger charge is -2.28. The second kappa shape index (κ2) is 6.59. The number of fused-ring (bicyclic) bond motifs is 3. The van der Waals surface area contributed by atoms with Crippen molar-refractivity contribution in [2.45, 2.75) is 24.3 Å². The molecule has 0 unspecified atom stereocenters. The number of benzene rings is 3. The van der Waals surface area contributed by atoms with Crippen molar-refractivity contribution in [3.05, 3.63) is 71.9 Å². The Morgan fingerprint density at radius 2 is 1.77 bits per heavy atom. The number of anilines is 1. The molecule has 30 heavy (non-hydrogen) atoms. The number of aromatic amines is 1. The summed E-state index contributed by atoms with van der Waals surface area (Å²) in [5.41, 5.74) is 4.76. The molecule has 0 atom stereocenters. The summed E-state index contributed by atoms with van der Waals surface area (Å²) in [4.78, 5) is 6.43. The summed E-state index contributed by atoms with van der Waals surface area (Å²) in [7, 11) is -3.46. The highest BCUT2D eigenvalue weighted by atomic mass is 32.2. The molecular formula is C24H23N3O2S. The minimum atomic E-state index is -3.46. The molecule has 2 aliphatic rings. The number of H-pyrrole nitrogens is 1. The van der Waals surface area contributed by atoms with Gasteiger partial charge in [0.2, 0.25) is 0 Å². The number of nitrogens with zero attached hydrogens (tertiary/aromatic N) is 2. The Morgan fingerprint density at radius 3 is 2.67 bits per heavy atom. The highest BCUT2D eigenvalue weighted by Crippen LogP contribution is 2.42. The Labute approximate surface area is 176 Å². The predicted molar refractivity (Wildman–Crippen MR) is 120 cm³/mol. The predicted octanol–water partition coefficient (Wildman–Crippen LogP) is 4.28. The van der Waals surface area contributed by atoms with E-state index < -0.39 is 10.0 Å². The molecular weight excluding hydrogens is 394 g/mol. The highest BCUT2D eigenvalue weighted by molar-refractivity contribution is 7.93. The van der Waals surface area contributed by atoms with Gasteiger partial charge in [0.25, 0.3) is 10.0 Å². The van der Waals surface area contributed by atoms with Gasteiger partial charge in [0.1, 0.15) is 0 Å². The SMILES string of the molecule is O=S1(=O)c2cccc3cccc(c23)N1CCCN1CCc2c([nH]c3ccccc23)C1. The summed E-state index contributed by atoms with van der Waals surface area (Å²) in [6.07, 6.45) is 1.84. The Hall–Kier alpha value is -2.83. The van der Waals surface area contributed by atoms with E-state index in [0.29, 0.717) is 11.4 Å². The van der Waals surface area contributed by atoms with E-state index >= 15 is 0 Å². The number of hydrogen-bond donors (Lipinski definition) is 1. The van der Waals surface area contributed by atoms with Crippen LogP contribution in [0.25, 0.3) is 21.7 Å². The minimum Gasteiger partial charge on any atom is -0.357 e. The monoisotopic (exact) mass is 417 g/mol. The van der Waals surface area contributed by atoms with E-state index in [1.54, 1.807) is 10.4 Å². The Bertz CT molecular complexity index is 1390. The van der Waals surface area contributed by atoms with Crippen LogP contribution in [0.2, 0.25) is 0 Å². The molecule has 0 radical (unpaired) electrons. The molecule has 5 nitrogen and oxygen atoms in total. The van der Waals surface area contributed by atoms with Crippen molar-refractivity contribution in [1.82, 2.24) is 9.88 Å². The largest absolute Gasteiger partial charge is 0.357 e. The molecule has 0 saturated heterocycles. The lowest BCUT2D eigenvalue weighted by molar-refractivity contribution is 0.250. The molecule has 1 N–H and O–H groups in total. The van der Waals surface area contributed by atoms with Crippen LogP contribution in [-0.4, -0.2) is 37.9 Å². The molecule has 3 aromatic carbocycles. The second-order valence-corrected chi connectivity index (χ2v) is 10.0. The van der Waals surface area contributed by atoms with Crippen LogP contribution in [0.4, 0.5) is 5.69 Å². The maximum atomic E-state index is 13.1. The fourth-order valence-corrected chi connectivity index (χ4v) is 6.83. The quantitative estimate of drug-likeness (QED) is 0.539. The van der Waals surface area contributed by atoms with E-state index in [1.165, 1.54) is 22.2 Å². The molecule has 0 spiro atoms. The molecule has 1 aromatic heterocycles. The number of aromatic nitrogens is 1. The molecule has 0 aliphatic carbocycles. The van der Waals surface area contributed by atoms with E-state index in [1.807, 2.05) is 30.3 Å². The first-order valence-corrected chi connectivity index (χ1v) is 11.9. The maximum Gasteiger partial charge on any atom is 0.265 e. The van der Waals surface area contributed by atoms with Gasteiger partial charge in [-0.05, 0) is 42.0 Å². The molecule has 0 fully saturated rings. The third kappa shape index (κ3) is 2.60. The molecule has 0 amide bonds. The summed E-state index contributed by atoms with van der Waals surface area (Å²) in [6, 6.07) is 19.9. The van der Waals surface area contributed by atoms with Crippen LogP contribution in [0.3, 0.4) is 0 Å². The average molecular weight is 418 g/mol. The van der Waals surface area contributed by atoms with E-state index in [2.05, 4.69) is 34.1 Å². The third-order valence-electron chi connectivity index (χ3n) is 6.48. The first-order chi connectivity index (χ1) is 14.6. The fraction of sp³-hybridized carbons (Fsp3) is 0.250. The molecule has 0 bridgehead atoms. The summed E-state index contributed by atoms with van der Waals surface area (Å²) in [5.74, 6) is 0. The first kappa shape index (κ1) is 18.0. The zero-order valence-corrected chi connectivity index (χ0v) is 17.5. The zero-order chi connectivity index (χ0) is 20.3. The van der Waals surface area contributed by atoms with Gasteiger partial charge in [-0.25, -0.2) is 8.42 Å². The third-order valence-corrected chi connectivity index (χ3v) is 8.33. The van der Waals surface area contributed by atoms with Gasteiger partial charge in [0.05, 0.1) is 10.6 Å². The molecule has 6 rings (SSSR count). The highest BCUT2D eigenvalue weighted by Gasteiger charge is 2.35. The van der Waals surface area contributed by atoms with Gasteiger partial charge in [-0.15, -0.1) is 0 Å². The summed E-state index contributed by atoms with van der Waals surface area (Å²) in [6.45, 7) is 3.29. The van der Waals surface area contributed by atoms with Crippen LogP contribution in [0.1, 0.15) is 17.7 Å². The van der Waals surface area contributed by atoms with Crippen LogP contribution in [-0.2, 0) is 23.0 Å². The fourth-order valence-electron chi connectivity index (χ4n) is 5.08. The Balaban J connectivity index is 1.19. The van der Waals surface area contributed by atoms with E-state index in [-0.39, 0.29) is 0 Å². The van der Waals surface area contributed by atoms with Crippen molar-refractivity contribution in [2.75, 3.05) is 23.9 Å². The molecule has 0 saturated carbocycles. The van der Waals surface area contributed by atoms with E-state index in [4.69, 9.17) is 0 Å². The van der Waals surface area contributed by atoms with Crippen LogP contribution >= 0.6 is 0 Å². The van der Waals surface area contributed by atoms with Gasteiger partial charge >= 0.3 is 0 Å². The van der Waals surface area contributed by atoms with Crippen molar-refractivity contribution in [1.29, 1.82) is 0 Å². The Morgan fingerprint density at radius 1 is 0.933 bits per heavy atom. The van der Waals surface area contributed by atoms with E-state index in [9.17, 15) is 8.42 Å². The van der Waals surface area contributed by atoms with Crippen molar-refractivity contribution >= 4 is 37.4 Å². The van der Waals surface area contributed by atoms with Gasteiger partial charge in [0, 0.05) is 48.2 Å². The number of rotatable bonds is 4. The summed E-state index contributed by atoms with van der Waals surface area (Å²) >= 11 is 0. The van der Waals surface area contributed by atoms with Crippen LogP contribution in [0.5, 0.6) is 0 Å². The lowest BCUT2D eigenvalue weighted by atomic mass is 10.0. The van der Waals surface area contributed by atoms with Gasteiger partial charge in [-0.3, -0.25) is 9.21 Å². The van der Waals surface area contributed by atoms with Crippen molar-refractivity contribution in [3.8, 4) is 0 Å². The smallest absolute Gasteiger partial charge is 0.265 e. The molecule has 152 valence electrons. The number of para-hydroxylation sites is 1. The standard InChI is InChI=1S/C24H23N3O2S/c28-30(29)23-11-4-7-17-6-3-10-22(24(17)23)27(30)14-5-13-26-15-12-19-18-8-1-2-9-20(18)25-21(19)16-26/h1-4,6-11,25H,5,12-16H2. The normalized spacial score (nSPS) is 17.7. The summed E-state index contributed by atoms with van der Waals surface area (Å²) < 4.78 is 27.8. The number of nitrogens with one attached hydrogen (secondary N) is 1. The minimum absolute atomic E-state index is 0.441. The maximum absolute atomic E-state index is 13.1. The number of sulfonamides is 1. The van der Waals surface area contributed by atoms with Crippen LogP contribution in [0.15, 0.2) is 65.6 Å². The number of hydrogen-bond acceptors (Lipinski definition) is 3. The molecule has 3 heterocycles. The van der Waals surface area contributed by atoms with Gasteiger partial charge in [0.15, 0.2) is 0 Å². The second-order valence-electron chi connectivity index (χ2n) is 8.22. The van der Waals surface area contributed by atoms with Gasteiger partial charge in [-0.1, -0.05) is 42.5 Å². The average Bonchev–Trinajstić information content (AvgIpc) is 3.23. The lowest BCUT2D eigenvalue weighted by Crippen LogP contribution is -2.34. The van der Waals surface area contributed by atoms with Crippen LogP contribution < -0.4 is 4.31 Å². The first-order valence-electron chi connectivity index (χ1n) is 10.5. The van der Waals surface area contributed by atoms with Gasteiger partial charge in [-0.2, -0.15) is 0 Å². The Kier molecular flexibility index (Phi) is 3.95. The molecule has 4 aromatic rings. The van der Waals surface area contributed by atoms with Crippen molar-refractivity contribution < 1.29 is 8.42 Å². The van der Waals surface area contributed by atoms with Gasteiger partial charge < -0.3 is 4.98 Å². The van der Waals surface area contributed by atoms with Crippen molar-refractivity contribution in [3.63, 3.8) is 0 Å². The molecule has 6 heteroatoms. The topological polar surface area (TPSA) is 56.4 Å². The van der Waals surface area contributed by atoms with E-state index in [0.717, 1.165) is 48.9 Å². The van der Waals surface area contributed by atoms with Crippen molar-refractivity contribution in [2.24, 2.45) is 0 Å². The molecule has 2 aliphatic heterocycles.